The van der Waals surface area contributed by atoms with Gasteiger partial charge in [0.05, 0.1) is 31.1 Å². The van der Waals surface area contributed by atoms with Crippen molar-refractivity contribution < 1.29 is 23.9 Å². The van der Waals surface area contributed by atoms with Crippen LogP contribution < -0.4 is 10.6 Å². The number of hydrogen-bond donors (Lipinski definition) is 2. The molecule has 0 saturated carbocycles. The van der Waals surface area contributed by atoms with Crippen LogP contribution in [0.5, 0.6) is 0 Å². The standard InChI is InChI=1S/C25H34N6O5/c1-17-5-6-20(24(34)27-9-4-11-30-14-10-26-16-30)23(28-17)19-7-12-31(13-8-19)22(33)15-21(25(35)36-3)29-18(2)32/h5-6,10,14,16,19,21H,4,7-9,11-13,15H2,1-3H3,(H,27,34)(H,29,32). The van der Waals surface area contributed by atoms with E-state index in [1.807, 2.05) is 29.8 Å². The van der Waals surface area contributed by atoms with Crippen molar-refractivity contribution in [1.29, 1.82) is 0 Å². The number of ether oxygens (including phenoxy) is 1. The average Bonchev–Trinajstić information content (AvgIpc) is 3.39. The van der Waals surface area contributed by atoms with Gasteiger partial charge in [-0.05, 0) is 38.3 Å². The van der Waals surface area contributed by atoms with Crippen LogP contribution in [-0.2, 0) is 25.7 Å². The van der Waals surface area contributed by atoms with Gasteiger partial charge >= 0.3 is 5.97 Å². The number of likely N-dealkylation sites (tertiary alicyclic amines) is 1. The lowest BCUT2D eigenvalue weighted by Crippen LogP contribution is -2.46. The minimum Gasteiger partial charge on any atom is -0.467 e. The molecule has 1 saturated heterocycles. The molecule has 0 radical (unpaired) electrons. The van der Waals surface area contributed by atoms with Gasteiger partial charge in [-0.2, -0.15) is 0 Å². The largest absolute Gasteiger partial charge is 0.467 e. The lowest BCUT2D eigenvalue weighted by atomic mass is 9.89. The number of amides is 3. The van der Waals surface area contributed by atoms with Crippen molar-refractivity contribution in [2.45, 2.75) is 58.0 Å². The maximum atomic E-state index is 12.9. The third-order valence-corrected chi connectivity index (χ3v) is 6.22. The highest BCUT2D eigenvalue weighted by Gasteiger charge is 2.31. The number of esters is 1. The number of rotatable bonds is 10. The topological polar surface area (TPSA) is 136 Å². The number of carbonyl (C=O) groups is 4. The second-order valence-corrected chi connectivity index (χ2v) is 8.93. The van der Waals surface area contributed by atoms with E-state index < -0.39 is 17.9 Å². The SMILES string of the molecule is COC(=O)C(CC(=O)N1CCC(c2nc(C)ccc2C(=O)NCCCn2ccnc2)CC1)NC(C)=O. The zero-order valence-electron chi connectivity index (χ0n) is 21.0. The molecule has 3 rings (SSSR count). The molecule has 3 heterocycles. The van der Waals surface area contributed by atoms with Crippen LogP contribution >= 0.6 is 0 Å². The predicted molar refractivity (Wildman–Crippen MR) is 131 cm³/mol. The van der Waals surface area contributed by atoms with E-state index in [1.165, 1.54) is 14.0 Å². The van der Waals surface area contributed by atoms with Gasteiger partial charge < -0.3 is 24.8 Å². The summed E-state index contributed by atoms with van der Waals surface area (Å²) in [4.78, 5) is 59.4. The molecule has 0 aliphatic carbocycles. The van der Waals surface area contributed by atoms with Crippen molar-refractivity contribution in [2.24, 2.45) is 0 Å². The number of piperidine rings is 1. The number of methoxy groups -OCH3 is 1. The molecule has 2 N–H and O–H groups in total. The molecule has 11 heteroatoms. The number of aryl methyl sites for hydroxylation is 2. The monoisotopic (exact) mass is 498 g/mol. The van der Waals surface area contributed by atoms with Crippen molar-refractivity contribution in [3.8, 4) is 0 Å². The molecular formula is C25H34N6O5. The summed E-state index contributed by atoms with van der Waals surface area (Å²) in [5.41, 5.74) is 2.14. The first-order chi connectivity index (χ1) is 17.3. The molecule has 1 aliphatic rings. The Morgan fingerprint density at radius 2 is 1.94 bits per heavy atom. The van der Waals surface area contributed by atoms with Crippen LogP contribution in [0, 0.1) is 6.92 Å². The van der Waals surface area contributed by atoms with Crippen molar-refractivity contribution in [1.82, 2.24) is 30.1 Å². The summed E-state index contributed by atoms with van der Waals surface area (Å²) in [6.45, 7) is 5.42. The van der Waals surface area contributed by atoms with E-state index in [2.05, 4.69) is 20.6 Å². The number of nitrogens with one attached hydrogen (secondary N) is 2. The van der Waals surface area contributed by atoms with Crippen LogP contribution in [0.4, 0.5) is 0 Å². The smallest absolute Gasteiger partial charge is 0.328 e. The minimum absolute atomic E-state index is 0.0346. The molecule has 36 heavy (non-hydrogen) atoms. The molecule has 1 unspecified atom stereocenters. The Hall–Kier alpha value is -3.76. The fourth-order valence-corrected chi connectivity index (χ4v) is 4.34. The quantitative estimate of drug-likeness (QED) is 0.371. The number of aromatic nitrogens is 3. The van der Waals surface area contributed by atoms with E-state index in [-0.39, 0.29) is 24.2 Å². The third kappa shape index (κ3) is 7.37. The van der Waals surface area contributed by atoms with Crippen LogP contribution in [0.2, 0.25) is 0 Å². The molecule has 3 amide bonds. The van der Waals surface area contributed by atoms with Crippen LogP contribution in [0.3, 0.4) is 0 Å². The molecule has 1 aliphatic heterocycles. The number of hydrogen-bond acceptors (Lipinski definition) is 7. The first-order valence-electron chi connectivity index (χ1n) is 12.1. The lowest BCUT2D eigenvalue weighted by Gasteiger charge is -2.33. The van der Waals surface area contributed by atoms with Gasteiger partial charge in [0.1, 0.15) is 6.04 Å². The van der Waals surface area contributed by atoms with Gasteiger partial charge in [-0.15, -0.1) is 0 Å². The van der Waals surface area contributed by atoms with E-state index in [9.17, 15) is 19.2 Å². The maximum absolute atomic E-state index is 12.9. The predicted octanol–water partition coefficient (Wildman–Crippen LogP) is 1.18. The van der Waals surface area contributed by atoms with Crippen molar-refractivity contribution in [3.63, 3.8) is 0 Å². The second kappa shape index (κ2) is 12.8. The summed E-state index contributed by atoms with van der Waals surface area (Å²) in [5.74, 6) is -1.41. The maximum Gasteiger partial charge on any atom is 0.328 e. The van der Waals surface area contributed by atoms with Crippen LogP contribution in [0.1, 0.15) is 60.3 Å². The summed E-state index contributed by atoms with van der Waals surface area (Å²) in [7, 11) is 1.22. The average molecular weight is 499 g/mol. The van der Waals surface area contributed by atoms with Gasteiger partial charge in [-0.3, -0.25) is 19.4 Å². The molecule has 2 aromatic heterocycles. The van der Waals surface area contributed by atoms with Gasteiger partial charge in [-0.1, -0.05) is 0 Å². The van der Waals surface area contributed by atoms with Gasteiger partial charge in [0.15, 0.2) is 0 Å². The third-order valence-electron chi connectivity index (χ3n) is 6.22. The van der Waals surface area contributed by atoms with Crippen molar-refractivity contribution in [3.05, 3.63) is 47.8 Å². The Morgan fingerprint density at radius 3 is 2.58 bits per heavy atom. The van der Waals surface area contributed by atoms with Crippen molar-refractivity contribution in [2.75, 3.05) is 26.7 Å². The van der Waals surface area contributed by atoms with Crippen LogP contribution in [0.25, 0.3) is 0 Å². The van der Waals surface area contributed by atoms with E-state index in [0.717, 1.165) is 24.4 Å². The molecule has 0 spiro atoms. The van der Waals surface area contributed by atoms with Crippen molar-refractivity contribution >= 4 is 23.7 Å². The van der Waals surface area contributed by atoms with Gasteiger partial charge in [0.2, 0.25) is 11.8 Å². The first-order valence-corrected chi connectivity index (χ1v) is 12.1. The molecule has 2 aromatic rings. The van der Waals surface area contributed by atoms with E-state index in [4.69, 9.17) is 4.74 Å². The summed E-state index contributed by atoms with van der Waals surface area (Å²) in [6.07, 6.45) is 7.27. The molecule has 0 bridgehead atoms. The molecule has 194 valence electrons. The molecular weight excluding hydrogens is 464 g/mol. The molecule has 11 nitrogen and oxygen atoms in total. The van der Waals surface area contributed by atoms with Gasteiger partial charge in [-0.25, -0.2) is 9.78 Å². The Bertz CT molecular complexity index is 1060. The minimum atomic E-state index is -1.01. The first kappa shape index (κ1) is 26.8. The Labute approximate surface area is 210 Å². The number of imidazole rings is 1. The Kier molecular flexibility index (Phi) is 9.54. The second-order valence-electron chi connectivity index (χ2n) is 8.93. The molecule has 1 atom stereocenters. The molecule has 1 fully saturated rings. The number of nitrogens with zero attached hydrogens (tertiary/aromatic N) is 4. The van der Waals surface area contributed by atoms with E-state index in [0.29, 0.717) is 38.0 Å². The van der Waals surface area contributed by atoms with Crippen LogP contribution in [-0.4, -0.2) is 75.9 Å². The van der Waals surface area contributed by atoms with E-state index in [1.54, 1.807) is 17.4 Å². The highest BCUT2D eigenvalue weighted by atomic mass is 16.5. The zero-order valence-corrected chi connectivity index (χ0v) is 21.0. The summed E-state index contributed by atoms with van der Waals surface area (Å²) in [6, 6.07) is 2.63. The van der Waals surface area contributed by atoms with Gasteiger partial charge in [0.25, 0.3) is 5.91 Å². The lowest BCUT2D eigenvalue weighted by molar-refractivity contribution is -0.148. The Morgan fingerprint density at radius 1 is 1.19 bits per heavy atom. The normalized spacial score (nSPS) is 14.7. The summed E-state index contributed by atoms with van der Waals surface area (Å²) >= 11 is 0. The fraction of sp³-hybridized carbons (Fsp3) is 0.520. The Balaban J connectivity index is 1.57. The molecule has 0 aromatic carbocycles. The highest BCUT2D eigenvalue weighted by Crippen LogP contribution is 2.30. The summed E-state index contributed by atoms with van der Waals surface area (Å²) < 4.78 is 6.66. The number of carbonyl (C=O) groups excluding carboxylic acids is 4. The summed E-state index contributed by atoms with van der Waals surface area (Å²) in [5, 5.41) is 5.46. The van der Waals surface area contributed by atoms with Crippen LogP contribution in [0.15, 0.2) is 30.9 Å². The highest BCUT2D eigenvalue weighted by molar-refractivity contribution is 5.95. The number of pyridine rings is 1. The zero-order chi connectivity index (χ0) is 26.1. The van der Waals surface area contributed by atoms with Gasteiger partial charge in [0, 0.05) is 57.1 Å². The fourth-order valence-electron chi connectivity index (χ4n) is 4.34. The van der Waals surface area contributed by atoms with E-state index >= 15 is 0 Å².